The number of aldehydes is 1. The highest BCUT2D eigenvalue weighted by Gasteiger charge is 2.18. The smallest absolute Gasteiger partial charge is 0.341 e. The van der Waals surface area contributed by atoms with Crippen LogP contribution in [0.1, 0.15) is 45.4 Å². The fourth-order valence-electron chi connectivity index (χ4n) is 1.47. The molecule has 0 N–H and O–H groups in total. The van der Waals surface area contributed by atoms with Crippen molar-refractivity contribution in [3.05, 3.63) is 11.6 Å². The molecule has 0 aromatic rings. The van der Waals surface area contributed by atoms with Gasteiger partial charge in [-0.3, -0.25) is 4.79 Å². The van der Waals surface area contributed by atoms with Gasteiger partial charge in [0.25, 0.3) is 0 Å². The number of ether oxygens (including phenoxy) is 1. The van der Waals surface area contributed by atoms with Gasteiger partial charge in [0.15, 0.2) is 5.78 Å². The van der Waals surface area contributed by atoms with Gasteiger partial charge in [0.2, 0.25) is 0 Å². The first kappa shape index (κ1) is 17.1. The molecule has 0 radical (unpaired) electrons. The number of carbonyl (C=O) groups is 3. The summed E-state index contributed by atoms with van der Waals surface area (Å²) in [6.07, 6.45) is 10.3. The molecule has 0 rings (SSSR count). The zero-order chi connectivity index (χ0) is 14.5. The van der Waals surface area contributed by atoms with E-state index in [1.54, 1.807) is 13.0 Å². The number of unbranched alkanes of at least 4 members (excludes halogenated alkanes) is 3. The first-order valence-electron chi connectivity index (χ1n) is 6.44. The maximum atomic E-state index is 11.9. The van der Waals surface area contributed by atoms with E-state index in [1.165, 1.54) is 0 Å². The minimum Gasteiger partial charge on any atom is -0.462 e. The number of hydrogen-bond donors (Lipinski definition) is 0. The molecular formula is C15H20O4. The van der Waals surface area contributed by atoms with Gasteiger partial charge in [-0.1, -0.05) is 6.08 Å². The van der Waals surface area contributed by atoms with E-state index in [4.69, 9.17) is 11.2 Å². The number of allylic oxidation sites excluding steroid dienone is 1. The molecule has 0 saturated heterocycles. The molecule has 0 aliphatic carbocycles. The quantitative estimate of drug-likeness (QED) is 0.115. The third kappa shape index (κ3) is 7.93. The van der Waals surface area contributed by atoms with Crippen LogP contribution in [0.25, 0.3) is 0 Å². The summed E-state index contributed by atoms with van der Waals surface area (Å²) < 4.78 is 4.85. The lowest BCUT2D eigenvalue weighted by atomic mass is 10.0. The second kappa shape index (κ2) is 11.2. The van der Waals surface area contributed by atoms with Crippen molar-refractivity contribution in [3.63, 3.8) is 0 Å². The fourth-order valence-corrected chi connectivity index (χ4v) is 1.47. The van der Waals surface area contributed by atoms with Crippen molar-refractivity contribution in [3.8, 4) is 12.3 Å². The molecule has 0 fully saturated rings. The Labute approximate surface area is 114 Å². The molecule has 0 unspecified atom stereocenters. The highest BCUT2D eigenvalue weighted by atomic mass is 16.5. The Morgan fingerprint density at radius 2 is 2.00 bits per heavy atom. The SMILES string of the molecule is C#CCCC=C(C(=O)CCCCC=O)C(=O)OCC. The topological polar surface area (TPSA) is 60.4 Å². The van der Waals surface area contributed by atoms with Crippen LogP contribution in [-0.4, -0.2) is 24.6 Å². The summed E-state index contributed by atoms with van der Waals surface area (Å²) in [5.41, 5.74) is 0.0724. The molecule has 4 heteroatoms. The predicted octanol–water partition coefficient (Wildman–Crippen LogP) is 2.22. The van der Waals surface area contributed by atoms with Gasteiger partial charge in [0.05, 0.1) is 12.2 Å². The Bertz CT molecular complexity index is 374. The third-order valence-electron chi connectivity index (χ3n) is 2.41. The van der Waals surface area contributed by atoms with E-state index < -0.39 is 5.97 Å². The normalized spacial score (nSPS) is 10.6. The van der Waals surface area contributed by atoms with Crippen molar-refractivity contribution in [1.29, 1.82) is 0 Å². The second-order valence-corrected chi connectivity index (χ2v) is 3.92. The number of Topliss-reactive ketones (excluding diaryl/α,β-unsaturated/α-hetero) is 1. The summed E-state index contributed by atoms with van der Waals surface area (Å²) in [6.45, 7) is 1.91. The van der Waals surface area contributed by atoms with Crippen LogP contribution in [0.3, 0.4) is 0 Å². The maximum Gasteiger partial charge on any atom is 0.341 e. The molecule has 19 heavy (non-hydrogen) atoms. The summed E-state index contributed by atoms with van der Waals surface area (Å²) in [5, 5.41) is 0. The van der Waals surface area contributed by atoms with Crippen LogP contribution in [0.5, 0.6) is 0 Å². The number of ketones is 1. The molecule has 0 aliphatic heterocycles. The monoisotopic (exact) mass is 264 g/mol. The molecule has 104 valence electrons. The number of esters is 1. The summed E-state index contributed by atoms with van der Waals surface area (Å²) in [5.74, 6) is 1.60. The molecular weight excluding hydrogens is 244 g/mol. The minimum atomic E-state index is -0.597. The van der Waals surface area contributed by atoms with E-state index in [-0.39, 0.29) is 24.4 Å². The highest BCUT2D eigenvalue weighted by molar-refractivity contribution is 6.17. The van der Waals surface area contributed by atoms with Gasteiger partial charge >= 0.3 is 5.97 Å². The molecule has 0 amide bonds. The minimum absolute atomic E-state index is 0.0724. The molecule has 0 aliphatic rings. The number of rotatable bonds is 10. The Hall–Kier alpha value is -1.89. The van der Waals surface area contributed by atoms with Crippen molar-refractivity contribution < 1.29 is 19.1 Å². The van der Waals surface area contributed by atoms with Crippen molar-refractivity contribution in [2.24, 2.45) is 0 Å². The average molecular weight is 264 g/mol. The van der Waals surface area contributed by atoms with E-state index in [9.17, 15) is 14.4 Å². The van der Waals surface area contributed by atoms with Crippen LogP contribution < -0.4 is 0 Å². The van der Waals surface area contributed by atoms with Gasteiger partial charge in [-0.25, -0.2) is 4.79 Å². The van der Waals surface area contributed by atoms with Gasteiger partial charge in [-0.15, -0.1) is 12.3 Å². The standard InChI is InChI=1S/C15H20O4/c1-3-5-7-10-13(15(18)19-4-2)14(17)11-8-6-9-12-16/h1,10,12H,4-9,11H2,2H3. The first-order valence-corrected chi connectivity index (χ1v) is 6.44. The van der Waals surface area contributed by atoms with E-state index in [2.05, 4.69) is 5.92 Å². The van der Waals surface area contributed by atoms with Crippen molar-refractivity contribution >= 4 is 18.0 Å². The largest absolute Gasteiger partial charge is 0.462 e. The molecule has 0 heterocycles. The van der Waals surface area contributed by atoms with Crippen LogP contribution >= 0.6 is 0 Å². The van der Waals surface area contributed by atoms with Crippen LogP contribution in [0, 0.1) is 12.3 Å². The van der Waals surface area contributed by atoms with Crippen LogP contribution in [0.4, 0.5) is 0 Å². The highest BCUT2D eigenvalue weighted by Crippen LogP contribution is 2.10. The van der Waals surface area contributed by atoms with Crippen molar-refractivity contribution in [2.45, 2.75) is 45.4 Å². The third-order valence-corrected chi connectivity index (χ3v) is 2.41. The summed E-state index contributed by atoms with van der Waals surface area (Å²) >= 11 is 0. The zero-order valence-corrected chi connectivity index (χ0v) is 11.3. The van der Waals surface area contributed by atoms with Gasteiger partial charge in [0.1, 0.15) is 6.29 Å². The number of hydrogen-bond acceptors (Lipinski definition) is 4. The molecule has 0 aromatic heterocycles. The van der Waals surface area contributed by atoms with E-state index in [0.29, 0.717) is 32.1 Å². The van der Waals surface area contributed by atoms with Crippen LogP contribution in [0.2, 0.25) is 0 Å². The molecule has 0 atom stereocenters. The second-order valence-electron chi connectivity index (χ2n) is 3.92. The Balaban J connectivity index is 4.50. The van der Waals surface area contributed by atoms with E-state index in [0.717, 1.165) is 6.29 Å². The van der Waals surface area contributed by atoms with Crippen LogP contribution in [-0.2, 0) is 19.1 Å². The van der Waals surface area contributed by atoms with Gasteiger partial charge in [-0.2, -0.15) is 0 Å². The summed E-state index contributed by atoms with van der Waals surface area (Å²) in [7, 11) is 0. The molecule has 0 aromatic carbocycles. The van der Waals surface area contributed by atoms with Crippen molar-refractivity contribution in [1.82, 2.24) is 0 Å². The maximum absolute atomic E-state index is 11.9. The predicted molar refractivity (Wildman–Crippen MR) is 72.3 cm³/mol. The Kier molecular flexibility index (Phi) is 10.1. The van der Waals surface area contributed by atoms with Gasteiger partial charge in [0, 0.05) is 19.3 Å². The molecule has 0 spiro atoms. The number of terminal acetylenes is 1. The molecule has 0 bridgehead atoms. The first-order chi connectivity index (χ1) is 9.17. The summed E-state index contributed by atoms with van der Waals surface area (Å²) in [6, 6.07) is 0. The summed E-state index contributed by atoms with van der Waals surface area (Å²) in [4.78, 5) is 33.7. The van der Waals surface area contributed by atoms with E-state index >= 15 is 0 Å². The zero-order valence-electron chi connectivity index (χ0n) is 11.3. The van der Waals surface area contributed by atoms with Crippen molar-refractivity contribution in [2.75, 3.05) is 6.61 Å². The lowest BCUT2D eigenvalue weighted by molar-refractivity contribution is -0.140. The molecule has 0 saturated carbocycles. The lowest BCUT2D eigenvalue weighted by Crippen LogP contribution is -2.16. The Morgan fingerprint density at radius 3 is 2.58 bits per heavy atom. The average Bonchev–Trinajstić information content (AvgIpc) is 2.39. The van der Waals surface area contributed by atoms with E-state index in [1.807, 2.05) is 0 Å². The van der Waals surface area contributed by atoms with Gasteiger partial charge in [-0.05, 0) is 26.2 Å². The Morgan fingerprint density at radius 1 is 1.26 bits per heavy atom. The lowest BCUT2D eigenvalue weighted by Gasteiger charge is -2.06. The number of carbonyl (C=O) groups excluding carboxylic acids is 3. The van der Waals surface area contributed by atoms with Gasteiger partial charge < -0.3 is 9.53 Å². The fraction of sp³-hybridized carbons (Fsp3) is 0.533. The molecule has 4 nitrogen and oxygen atoms in total. The van der Waals surface area contributed by atoms with Crippen LogP contribution in [0.15, 0.2) is 11.6 Å².